The molecule has 1 saturated carbocycles. The molecule has 5 nitrogen and oxygen atoms in total. The van der Waals surface area contributed by atoms with Gasteiger partial charge in [0, 0.05) is 44.6 Å². The largest absolute Gasteiger partial charge is 0.339 e. The lowest BCUT2D eigenvalue weighted by atomic mass is 9.83. The molecular weight excluding hydrogens is 266 g/mol. The SMILES string of the molecule is NC1CCCC(CCC(=O)N2CCN3C(=O)CCC3C2)C1. The number of carbonyl (C=O) groups excluding carboxylic acids is 2. The molecule has 1 aliphatic carbocycles. The highest BCUT2D eigenvalue weighted by atomic mass is 16.2. The Kier molecular flexibility index (Phi) is 4.48. The molecular formula is C16H27N3O2. The fourth-order valence-corrected chi connectivity index (χ4v) is 4.17. The van der Waals surface area contributed by atoms with E-state index in [0.29, 0.717) is 31.3 Å². The smallest absolute Gasteiger partial charge is 0.223 e. The minimum Gasteiger partial charge on any atom is -0.339 e. The average molecular weight is 293 g/mol. The summed E-state index contributed by atoms with van der Waals surface area (Å²) < 4.78 is 0. The Bertz CT molecular complexity index is 412. The van der Waals surface area contributed by atoms with Crippen LogP contribution in [0.2, 0.25) is 0 Å². The van der Waals surface area contributed by atoms with Crippen molar-refractivity contribution in [3.63, 3.8) is 0 Å². The molecule has 2 saturated heterocycles. The summed E-state index contributed by atoms with van der Waals surface area (Å²) in [6.07, 6.45) is 7.87. The highest BCUT2D eigenvalue weighted by Gasteiger charge is 2.36. The van der Waals surface area contributed by atoms with Gasteiger partial charge in [0.15, 0.2) is 0 Å². The zero-order valence-electron chi connectivity index (χ0n) is 12.8. The number of carbonyl (C=O) groups is 2. The summed E-state index contributed by atoms with van der Waals surface area (Å²) in [5.74, 6) is 1.17. The number of hydrogen-bond acceptors (Lipinski definition) is 3. The molecule has 21 heavy (non-hydrogen) atoms. The van der Waals surface area contributed by atoms with Crippen LogP contribution in [0.1, 0.15) is 51.4 Å². The van der Waals surface area contributed by atoms with Gasteiger partial charge in [0.2, 0.25) is 11.8 Å². The van der Waals surface area contributed by atoms with Crippen LogP contribution in [0.5, 0.6) is 0 Å². The molecule has 2 heterocycles. The predicted octanol–water partition coefficient (Wildman–Crippen LogP) is 1.12. The van der Waals surface area contributed by atoms with Gasteiger partial charge in [-0.3, -0.25) is 9.59 Å². The lowest BCUT2D eigenvalue weighted by Crippen LogP contribution is -2.53. The van der Waals surface area contributed by atoms with Gasteiger partial charge in [0.05, 0.1) is 0 Å². The third-order valence-corrected chi connectivity index (χ3v) is 5.44. The quantitative estimate of drug-likeness (QED) is 0.848. The van der Waals surface area contributed by atoms with Gasteiger partial charge in [-0.2, -0.15) is 0 Å². The first-order valence-corrected chi connectivity index (χ1v) is 8.46. The van der Waals surface area contributed by atoms with Crippen LogP contribution in [-0.2, 0) is 9.59 Å². The van der Waals surface area contributed by atoms with Crippen molar-refractivity contribution in [2.24, 2.45) is 11.7 Å². The highest BCUT2D eigenvalue weighted by molar-refractivity contribution is 5.80. The summed E-state index contributed by atoms with van der Waals surface area (Å²) in [7, 11) is 0. The summed E-state index contributed by atoms with van der Waals surface area (Å²) >= 11 is 0. The fourth-order valence-electron chi connectivity index (χ4n) is 4.17. The molecule has 2 amide bonds. The topological polar surface area (TPSA) is 66.6 Å². The van der Waals surface area contributed by atoms with Gasteiger partial charge in [-0.15, -0.1) is 0 Å². The molecule has 0 bridgehead atoms. The van der Waals surface area contributed by atoms with Crippen molar-refractivity contribution in [3.8, 4) is 0 Å². The highest BCUT2D eigenvalue weighted by Crippen LogP contribution is 2.28. The number of rotatable bonds is 3. The molecule has 3 fully saturated rings. The zero-order chi connectivity index (χ0) is 14.8. The van der Waals surface area contributed by atoms with E-state index in [1.54, 1.807) is 0 Å². The number of nitrogens with zero attached hydrogens (tertiary/aromatic N) is 2. The molecule has 0 aromatic rings. The van der Waals surface area contributed by atoms with E-state index in [-0.39, 0.29) is 17.9 Å². The van der Waals surface area contributed by atoms with Crippen molar-refractivity contribution in [1.82, 2.24) is 9.80 Å². The monoisotopic (exact) mass is 293 g/mol. The predicted molar refractivity (Wildman–Crippen MR) is 80.5 cm³/mol. The molecule has 3 unspecified atom stereocenters. The Hall–Kier alpha value is -1.10. The van der Waals surface area contributed by atoms with E-state index >= 15 is 0 Å². The molecule has 0 radical (unpaired) electrons. The molecule has 0 aromatic heterocycles. The van der Waals surface area contributed by atoms with E-state index in [0.717, 1.165) is 38.8 Å². The summed E-state index contributed by atoms with van der Waals surface area (Å²) in [6.45, 7) is 2.18. The first-order valence-electron chi connectivity index (χ1n) is 8.46. The Morgan fingerprint density at radius 3 is 2.90 bits per heavy atom. The van der Waals surface area contributed by atoms with Crippen molar-refractivity contribution in [3.05, 3.63) is 0 Å². The van der Waals surface area contributed by atoms with Gasteiger partial charge in [0.25, 0.3) is 0 Å². The van der Waals surface area contributed by atoms with Crippen LogP contribution >= 0.6 is 0 Å². The lowest BCUT2D eigenvalue weighted by molar-refractivity contribution is -0.139. The molecule has 3 aliphatic rings. The number of piperazine rings is 1. The maximum Gasteiger partial charge on any atom is 0.223 e. The first kappa shape index (κ1) is 14.8. The van der Waals surface area contributed by atoms with E-state index < -0.39 is 0 Å². The van der Waals surface area contributed by atoms with Crippen molar-refractivity contribution in [2.45, 2.75) is 63.5 Å². The molecule has 2 aliphatic heterocycles. The van der Waals surface area contributed by atoms with Crippen molar-refractivity contribution < 1.29 is 9.59 Å². The standard InChI is InChI=1S/C16H27N3O2/c17-13-3-1-2-12(10-13)4-6-15(20)18-8-9-19-14(11-18)5-7-16(19)21/h12-14H,1-11,17H2. The zero-order valence-corrected chi connectivity index (χ0v) is 12.8. The van der Waals surface area contributed by atoms with Crippen molar-refractivity contribution >= 4 is 11.8 Å². The van der Waals surface area contributed by atoms with Crippen LogP contribution < -0.4 is 5.73 Å². The second-order valence-corrected chi connectivity index (χ2v) is 6.95. The summed E-state index contributed by atoms with van der Waals surface area (Å²) in [5, 5.41) is 0. The molecule has 0 spiro atoms. The van der Waals surface area contributed by atoms with E-state index in [9.17, 15) is 9.59 Å². The minimum atomic E-state index is 0.267. The molecule has 3 atom stereocenters. The van der Waals surface area contributed by atoms with E-state index in [1.807, 2.05) is 9.80 Å². The normalized spacial score (nSPS) is 33.2. The summed E-state index contributed by atoms with van der Waals surface area (Å²) in [6, 6.07) is 0.616. The third kappa shape index (κ3) is 3.39. The summed E-state index contributed by atoms with van der Waals surface area (Å²) in [5.41, 5.74) is 6.01. The molecule has 118 valence electrons. The molecule has 3 rings (SSSR count). The van der Waals surface area contributed by atoms with Crippen LogP contribution in [0.15, 0.2) is 0 Å². The van der Waals surface area contributed by atoms with Crippen molar-refractivity contribution in [1.29, 1.82) is 0 Å². The first-order chi connectivity index (χ1) is 10.1. The van der Waals surface area contributed by atoms with Gasteiger partial charge in [0.1, 0.15) is 0 Å². The second-order valence-electron chi connectivity index (χ2n) is 6.95. The van der Waals surface area contributed by atoms with Gasteiger partial charge in [-0.05, 0) is 31.6 Å². The third-order valence-electron chi connectivity index (χ3n) is 5.44. The van der Waals surface area contributed by atoms with Crippen molar-refractivity contribution in [2.75, 3.05) is 19.6 Å². The van der Waals surface area contributed by atoms with E-state index in [1.165, 1.54) is 12.8 Å². The maximum atomic E-state index is 12.4. The van der Waals surface area contributed by atoms with Crippen LogP contribution in [-0.4, -0.2) is 53.3 Å². The Labute approximate surface area is 126 Å². The molecule has 5 heteroatoms. The van der Waals surface area contributed by atoms with Gasteiger partial charge in [-0.25, -0.2) is 0 Å². The van der Waals surface area contributed by atoms with Gasteiger partial charge in [-0.1, -0.05) is 12.8 Å². The average Bonchev–Trinajstić information content (AvgIpc) is 2.86. The minimum absolute atomic E-state index is 0.267. The molecule has 2 N–H and O–H groups in total. The Morgan fingerprint density at radius 1 is 1.24 bits per heavy atom. The van der Waals surface area contributed by atoms with Crippen LogP contribution in [0.3, 0.4) is 0 Å². The summed E-state index contributed by atoms with van der Waals surface area (Å²) in [4.78, 5) is 28.0. The number of fused-ring (bicyclic) bond motifs is 1. The van der Waals surface area contributed by atoms with E-state index in [2.05, 4.69) is 0 Å². The maximum absolute atomic E-state index is 12.4. The van der Waals surface area contributed by atoms with Gasteiger partial charge >= 0.3 is 0 Å². The van der Waals surface area contributed by atoms with Crippen LogP contribution in [0.25, 0.3) is 0 Å². The van der Waals surface area contributed by atoms with E-state index in [4.69, 9.17) is 5.73 Å². The fraction of sp³-hybridized carbons (Fsp3) is 0.875. The number of nitrogens with two attached hydrogens (primary N) is 1. The number of amides is 2. The van der Waals surface area contributed by atoms with Crippen LogP contribution in [0, 0.1) is 5.92 Å². The van der Waals surface area contributed by atoms with Crippen LogP contribution in [0.4, 0.5) is 0 Å². The molecule has 0 aromatic carbocycles. The Morgan fingerprint density at radius 2 is 2.10 bits per heavy atom. The Balaban J connectivity index is 1.44. The van der Waals surface area contributed by atoms with Gasteiger partial charge < -0.3 is 15.5 Å². The lowest BCUT2D eigenvalue weighted by Gasteiger charge is -2.38. The second kappa shape index (κ2) is 6.34. The number of hydrogen-bond donors (Lipinski definition) is 1.